The van der Waals surface area contributed by atoms with Crippen molar-refractivity contribution in [2.45, 2.75) is 4.90 Å². The summed E-state index contributed by atoms with van der Waals surface area (Å²) in [5.41, 5.74) is 2.15. The van der Waals surface area contributed by atoms with Gasteiger partial charge in [0.1, 0.15) is 23.4 Å². The van der Waals surface area contributed by atoms with E-state index in [-0.39, 0.29) is 0 Å². The lowest BCUT2D eigenvalue weighted by molar-refractivity contribution is 0.415. The molecule has 1 atom stereocenters. The molecule has 2 heterocycles. The van der Waals surface area contributed by atoms with Gasteiger partial charge in [0.25, 0.3) is 0 Å². The van der Waals surface area contributed by atoms with Gasteiger partial charge in [0.2, 0.25) is 0 Å². The van der Waals surface area contributed by atoms with Crippen LogP contribution in [0.5, 0.6) is 5.75 Å². The van der Waals surface area contributed by atoms with E-state index in [0.29, 0.717) is 22.1 Å². The number of ether oxygens (including phenoxy) is 1. The van der Waals surface area contributed by atoms with Crippen LogP contribution in [0, 0.1) is 0 Å². The summed E-state index contributed by atoms with van der Waals surface area (Å²) in [5, 5.41) is 0. The fourth-order valence-electron chi connectivity index (χ4n) is 1.94. The molecule has 0 amide bonds. The molecular formula is C13H12N4O2S. The second-order valence-corrected chi connectivity index (χ2v) is 5.54. The van der Waals surface area contributed by atoms with E-state index in [1.54, 1.807) is 31.7 Å². The quantitative estimate of drug-likeness (QED) is 0.794. The van der Waals surface area contributed by atoms with Gasteiger partial charge in [0.05, 0.1) is 18.9 Å². The van der Waals surface area contributed by atoms with Crippen molar-refractivity contribution in [3.8, 4) is 17.1 Å². The molecule has 3 rings (SSSR count). The number of methoxy groups -OCH3 is 1. The number of imidazole rings is 1. The zero-order valence-electron chi connectivity index (χ0n) is 11.0. The summed E-state index contributed by atoms with van der Waals surface area (Å²) in [6.45, 7) is 0. The number of nitrogens with one attached hydrogen (secondary N) is 1. The van der Waals surface area contributed by atoms with Crippen molar-refractivity contribution >= 4 is 22.0 Å². The van der Waals surface area contributed by atoms with Gasteiger partial charge in [-0.15, -0.1) is 0 Å². The largest absolute Gasteiger partial charge is 0.496 e. The third kappa shape index (κ3) is 2.16. The fourth-order valence-corrected chi connectivity index (χ4v) is 2.47. The number of hydrogen-bond acceptors (Lipinski definition) is 5. The molecule has 1 aromatic carbocycles. The van der Waals surface area contributed by atoms with E-state index in [0.717, 1.165) is 11.1 Å². The highest BCUT2D eigenvalue weighted by Gasteiger charge is 2.12. The third-order valence-electron chi connectivity index (χ3n) is 2.92. The van der Waals surface area contributed by atoms with E-state index >= 15 is 0 Å². The van der Waals surface area contributed by atoms with Crippen molar-refractivity contribution < 1.29 is 8.95 Å². The van der Waals surface area contributed by atoms with Crippen molar-refractivity contribution in [3.05, 3.63) is 30.7 Å². The first-order valence-corrected chi connectivity index (χ1v) is 7.42. The normalized spacial score (nSPS) is 12.5. The zero-order chi connectivity index (χ0) is 14.1. The van der Waals surface area contributed by atoms with E-state index in [1.807, 2.05) is 6.07 Å². The van der Waals surface area contributed by atoms with Crippen LogP contribution in [0.1, 0.15) is 0 Å². The maximum absolute atomic E-state index is 11.5. The van der Waals surface area contributed by atoms with Gasteiger partial charge in [0, 0.05) is 22.0 Å². The first kappa shape index (κ1) is 12.7. The smallest absolute Gasteiger partial charge is 0.181 e. The highest BCUT2D eigenvalue weighted by Crippen LogP contribution is 2.30. The first-order chi connectivity index (χ1) is 9.69. The Bertz CT molecular complexity index is 767. The van der Waals surface area contributed by atoms with Crippen LogP contribution < -0.4 is 4.74 Å². The lowest BCUT2D eigenvalue weighted by Gasteiger charge is -2.07. The number of H-pyrrole nitrogens is 1. The Hall–Kier alpha value is -2.28. The minimum absolute atomic E-state index is 0.597. The molecule has 20 heavy (non-hydrogen) atoms. The third-order valence-corrected chi connectivity index (χ3v) is 3.84. The number of rotatable bonds is 3. The van der Waals surface area contributed by atoms with Gasteiger partial charge >= 0.3 is 0 Å². The van der Waals surface area contributed by atoms with Crippen molar-refractivity contribution in [1.82, 2.24) is 19.9 Å². The average molecular weight is 288 g/mol. The highest BCUT2D eigenvalue weighted by molar-refractivity contribution is 7.84. The minimum atomic E-state index is -1.05. The Morgan fingerprint density at radius 3 is 2.90 bits per heavy atom. The zero-order valence-corrected chi connectivity index (χ0v) is 11.8. The minimum Gasteiger partial charge on any atom is -0.496 e. The second kappa shape index (κ2) is 5.01. The van der Waals surface area contributed by atoms with Crippen LogP contribution in [0.2, 0.25) is 0 Å². The summed E-state index contributed by atoms with van der Waals surface area (Å²) in [4.78, 5) is 16.3. The summed E-state index contributed by atoms with van der Waals surface area (Å²) >= 11 is 0. The predicted octanol–water partition coefficient (Wildman–Crippen LogP) is 1.77. The molecule has 0 fully saturated rings. The average Bonchev–Trinajstić information content (AvgIpc) is 2.90. The number of benzene rings is 1. The van der Waals surface area contributed by atoms with Gasteiger partial charge in [-0.05, 0) is 18.2 Å². The number of aromatic nitrogens is 4. The maximum Gasteiger partial charge on any atom is 0.181 e. The SMILES string of the molecule is COc1cc([S@](C)=O)ccc1-c1nc2ncncc2[nH]1. The Morgan fingerprint density at radius 2 is 2.20 bits per heavy atom. The van der Waals surface area contributed by atoms with Crippen molar-refractivity contribution in [1.29, 1.82) is 0 Å². The summed E-state index contributed by atoms with van der Waals surface area (Å²) in [7, 11) is 0.520. The van der Waals surface area contributed by atoms with Crippen LogP contribution in [-0.2, 0) is 10.8 Å². The standard InChI is InChI=1S/C13H12N4O2S/c1-19-11-5-8(20(2)18)3-4-9(11)12-16-10-6-14-7-15-13(10)17-12/h3-7H,1-2H3,(H,14,15,16,17)/t20-/m0/s1. The van der Waals surface area contributed by atoms with Gasteiger partial charge in [-0.3, -0.25) is 4.21 Å². The number of nitrogens with zero attached hydrogens (tertiary/aromatic N) is 3. The van der Waals surface area contributed by atoms with E-state index in [1.165, 1.54) is 6.33 Å². The van der Waals surface area contributed by atoms with Crippen molar-refractivity contribution in [3.63, 3.8) is 0 Å². The molecule has 6 nitrogen and oxygen atoms in total. The molecule has 1 N–H and O–H groups in total. The van der Waals surface area contributed by atoms with Crippen molar-refractivity contribution in [2.75, 3.05) is 13.4 Å². The van der Waals surface area contributed by atoms with Crippen LogP contribution in [0.4, 0.5) is 0 Å². The Labute approximate surface area is 117 Å². The molecule has 0 bridgehead atoms. The lowest BCUT2D eigenvalue weighted by Crippen LogP contribution is -1.93. The van der Waals surface area contributed by atoms with Crippen LogP contribution in [0.15, 0.2) is 35.6 Å². The lowest BCUT2D eigenvalue weighted by atomic mass is 10.2. The van der Waals surface area contributed by atoms with Crippen molar-refractivity contribution in [2.24, 2.45) is 0 Å². The van der Waals surface area contributed by atoms with Gasteiger partial charge < -0.3 is 9.72 Å². The molecule has 0 unspecified atom stereocenters. The molecule has 2 aromatic heterocycles. The Kier molecular flexibility index (Phi) is 3.19. The van der Waals surface area contributed by atoms with Gasteiger partial charge in [-0.1, -0.05) is 0 Å². The Balaban J connectivity index is 2.15. The predicted molar refractivity (Wildman–Crippen MR) is 76.0 cm³/mol. The number of aromatic amines is 1. The summed E-state index contributed by atoms with van der Waals surface area (Å²) < 4.78 is 16.9. The number of hydrogen-bond donors (Lipinski definition) is 1. The molecule has 0 aliphatic rings. The van der Waals surface area contributed by atoms with E-state index in [9.17, 15) is 4.21 Å². The topological polar surface area (TPSA) is 80.8 Å². The number of fused-ring (bicyclic) bond motifs is 1. The summed E-state index contributed by atoms with van der Waals surface area (Å²) in [6.07, 6.45) is 4.75. The van der Waals surface area contributed by atoms with Crippen LogP contribution in [0.3, 0.4) is 0 Å². The highest BCUT2D eigenvalue weighted by atomic mass is 32.2. The van der Waals surface area contributed by atoms with Crippen LogP contribution in [0.25, 0.3) is 22.6 Å². The molecule has 0 radical (unpaired) electrons. The summed E-state index contributed by atoms with van der Waals surface area (Å²) in [6, 6.07) is 5.39. The first-order valence-electron chi connectivity index (χ1n) is 5.86. The van der Waals surface area contributed by atoms with Crippen LogP contribution in [-0.4, -0.2) is 37.5 Å². The Morgan fingerprint density at radius 1 is 1.35 bits per heavy atom. The van der Waals surface area contributed by atoms with E-state index in [2.05, 4.69) is 19.9 Å². The molecule has 0 saturated carbocycles. The molecule has 0 spiro atoms. The molecule has 3 aromatic rings. The molecular weight excluding hydrogens is 276 g/mol. The maximum atomic E-state index is 11.5. The second-order valence-electron chi connectivity index (χ2n) is 4.16. The molecule has 102 valence electrons. The molecule has 0 aliphatic carbocycles. The van der Waals surface area contributed by atoms with E-state index in [4.69, 9.17) is 4.74 Å². The molecule has 0 aliphatic heterocycles. The molecule has 0 saturated heterocycles. The van der Waals surface area contributed by atoms with Gasteiger partial charge in [0.15, 0.2) is 5.65 Å². The van der Waals surface area contributed by atoms with Gasteiger partial charge in [-0.25, -0.2) is 15.0 Å². The van der Waals surface area contributed by atoms with Crippen LogP contribution >= 0.6 is 0 Å². The van der Waals surface area contributed by atoms with Gasteiger partial charge in [-0.2, -0.15) is 0 Å². The monoisotopic (exact) mass is 288 g/mol. The van der Waals surface area contributed by atoms with E-state index < -0.39 is 10.8 Å². The molecule has 7 heteroatoms. The fraction of sp³-hybridized carbons (Fsp3) is 0.154. The summed E-state index contributed by atoms with van der Waals surface area (Å²) in [5.74, 6) is 1.26.